The standard InChI is InChI=1S/C16H12NO2S2Se/c1-11-2-4-12(5-3-11)15-10-20-16(21-15)22-14-8-6-13(7-9-14)17(18)19/h2-10H,1H3/q+1. The van der Waals surface area contributed by atoms with Gasteiger partial charge in [-0.15, -0.1) is 0 Å². The summed E-state index contributed by atoms with van der Waals surface area (Å²) in [6, 6.07) is 15.4. The Morgan fingerprint density at radius 2 is 1.77 bits per heavy atom. The maximum absolute atomic E-state index is 10.7. The number of rotatable bonds is 4. The Bertz CT molecular complexity index is 798. The zero-order chi connectivity index (χ0) is 15.5. The zero-order valence-electron chi connectivity index (χ0n) is 11.7. The summed E-state index contributed by atoms with van der Waals surface area (Å²) in [5.41, 5.74) is 2.66. The third kappa shape index (κ3) is 3.59. The molecule has 3 nitrogen and oxygen atoms in total. The Labute approximate surface area is 142 Å². The molecule has 0 saturated heterocycles. The van der Waals surface area contributed by atoms with Crippen LogP contribution in [0.1, 0.15) is 5.56 Å². The molecule has 0 atom stereocenters. The van der Waals surface area contributed by atoms with Crippen LogP contribution in [0.15, 0.2) is 53.9 Å². The number of aryl methyl sites for hydroxylation is 1. The number of non-ortho nitro benzene ring substituents is 1. The van der Waals surface area contributed by atoms with Gasteiger partial charge in [0.1, 0.15) is 0 Å². The van der Waals surface area contributed by atoms with Gasteiger partial charge in [0.25, 0.3) is 0 Å². The number of nitro groups is 1. The SMILES string of the molecule is Cc1ccc(-c2c[s+]c([Se]c3ccc([N+](=O)[O-])cc3)s2)cc1. The van der Waals surface area contributed by atoms with Crippen LogP contribution in [0.25, 0.3) is 10.4 Å². The number of nitrogens with zero attached hydrogens (tertiary/aromatic N) is 1. The first-order valence-corrected chi connectivity index (χ1v) is 9.94. The van der Waals surface area contributed by atoms with Gasteiger partial charge < -0.3 is 0 Å². The van der Waals surface area contributed by atoms with Crippen LogP contribution in [0.3, 0.4) is 0 Å². The van der Waals surface area contributed by atoms with Crippen LogP contribution in [0.5, 0.6) is 0 Å². The predicted molar refractivity (Wildman–Crippen MR) is 94.9 cm³/mol. The molecule has 0 fully saturated rings. The average Bonchev–Trinajstić information content (AvgIpc) is 2.97. The number of hydrogen-bond acceptors (Lipinski definition) is 3. The minimum atomic E-state index is -0.361. The van der Waals surface area contributed by atoms with Crippen molar-refractivity contribution in [2.45, 2.75) is 6.92 Å². The third-order valence-electron chi connectivity index (χ3n) is 3.04. The van der Waals surface area contributed by atoms with E-state index in [-0.39, 0.29) is 25.6 Å². The van der Waals surface area contributed by atoms with Crippen molar-refractivity contribution in [1.82, 2.24) is 0 Å². The van der Waals surface area contributed by atoms with Gasteiger partial charge in [0.05, 0.1) is 0 Å². The maximum atomic E-state index is 10.7. The van der Waals surface area contributed by atoms with Gasteiger partial charge in [0.15, 0.2) is 0 Å². The molecule has 0 N–H and O–H groups in total. The number of hydrogen-bond donors (Lipinski definition) is 0. The van der Waals surface area contributed by atoms with E-state index in [1.165, 1.54) is 19.1 Å². The summed E-state index contributed by atoms with van der Waals surface area (Å²) in [6.45, 7) is 2.09. The number of nitro benzene ring substituents is 1. The van der Waals surface area contributed by atoms with Crippen molar-refractivity contribution in [1.29, 1.82) is 0 Å². The monoisotopic (exact) mass is 394 g/mol. The van der Waals surface area contributed by atoms with Gasteiger partial charge in [0.2, 0.25) is 0 Å². The molecule has 0 spiro atoms. The quantitative estimate of drug-likeness (QED) is 0.294. The molecular weight excluding hydrogens is 381 g/mol. The molecule has 0 radical (unpaired) electrons. The van der Waals surface area contributed by atoms with Crippen LogP contribution in [0, 0.1) is 17.0 Å². The van der Waals surface area contributed by atoms with E-state index in [9.17, 15) is 10.1 Å². The third-order valence-corrected chi connectivity index (χ3v) is 8.43. The van der Waals surface area contributed by atoms with Crippen LogP contribution in [-0.2, 0) is 0 Å². The van der Waals surface area contributed by atoms with Gasteiger partial charge in [-0.05, 0) is 0 Å². The van der Waals surface area contributed by atoms with E-state index < -0.39 is 0 Å². The first kappa shape index (κ1) is 15.3. The van der Waals surface area contributed by atoms with Crippen LogP contribution >= 0.6 is 22.7 Å². The fourth-order valence-corrected chi connectivity index (χ4v) is 7.07. The molecule has 0 aliphatic carbocycles. The molecule has 0 amide bonds. The van der Waals surface area contributed by atoms with E-state index in [4.69, 9.17) is 0 Å². The topological polar surface area (TPSA) is 43.1 Å². The fraction of sp³-hybridized carbons (Fsp3) is 0.0625. The Balaban J connectivity index is 1.76. The van der Waals surface area contributed by atoms with Gasteiger partial charge in [-0.2, -0.15) is 0 Å². The minimum absolute atomic E-state index is 0.148. The summed E-state index contributed by atoms with van der Waals surface area (Å²) < 4.78 is 2.52. The number of benzene rings is 2. The van der Waals surface area contributed by atoms with E-state index >= 15 is 0 Å². The zero-order valence-corrected chi connectivity index (χ0v) is 15.0. The van der Waals surface area contributed by atoms with Crippen molar-refractivity contribution in [3.05, 3.63) is 69.6 Å². The van der Waals surface area contributed by atoms with E-state index in [2.05, 4.69) is 36.6 Å². The predicted octanol–water partition coefficient (Wildman–Crippen LogP) is 3.63. The van der Waals surface area contributed by atoms with Crippen molar-refractivity contribution < 1.29 is 4.92 Å². The Morgan fingerprint density at radius 3 is 2.41 bits per heavy atom. The Kier molecular flexibility index (Phi) is 4.64. The van der Waals surface area contributed by atoms with Crippen molar-refractivity contribution in [3.8, 4) is 10.4 Å². The van der Waals surface area contributed by atoms with Crippen LogP contribution in [0.2, 0.25) is 0 Å². The second-order valence-electron chi connectivity index (χ2n) is 4.67. The van der Waals surface area contributed by atoms with E-state index in [1.807, 2.05) is 23.5 Å². The molecule has 1 aromatic heterocycles. The Morgan fingerprint density at radius 1 is 1.09 bits per heavy atom. The second kappa shape index (κ2) is 6.67. The summed E-state index contributed by atoms with van der Waals surface area (Å²) in [5, 5.41) is 12.9. The second-order valence-corrected chi connectivity index (χ2v) is 10.3. The molecule has 3 rings (SSSR count). The van der Waals surface area contributed by atoms with Gasteiger partial charge in [-0.25, -0.2) is 0 Å². The molecule has 22 heavy (non-hydrogen) atoms. The average molecular weight is 393 g/mol. The summed E-state index contributed by atoms with van der Waals surface area (Å²) in [7, 11) is 0. The molecule has 0 unspecified atom stereocenters. The molecule has 1 heterocycles. The molecule has 0 aliphatic heterocycles. The molecular formula is C16H12NO2S2Se+. The van der Waals surface area contributed by atoms with Gasteiger partial charge in [-0.1, -0.05) is 0 Å². The van der Waals surface area contributed by atoms with E-state index in [0.29, 0.717) is 0 Å². The van der Waals surface area contributed by atoms with Crippen molar-refractivity contribution in [3.63, 3.8) is 0 Å². The first-order chi connectivity index (χ1) is 10.6. The summed E-state index contributed by atoms with van der Waals surface area (Å²) in [5.74, 6) is 0. The Hall–Kier alpha value is -1.59. The van der Waals surface area contributed by atoms with Crippen LogP contribution in [-0.4, -0.2) is 19.9 Å². The van der Waals surface area contributed by atoms with Crippen molar-refractivity contribution >= 4 is 50.9 Å². The molecule has 3 aromatic rings. The molecule has 0 bridgehead atoms. The van der Waals surface area contributed by atoms with E-state index in [1.54, 1.807) is 23.5 Å². The summed E-state index contributed by atoms with van der Waals surface area (Å²) in [4.78, 5) is 11.6. The van der Waals surface area contributed by atoms with Gasteiger partial charge in [-0.3, -0.25) is 0 Å². The first-order valence-electron chi connectivity index (χ1n) is 6.53. The molecule has 0 aliphatic rings. The molecule has 6 heteroatoms. The normalized spacial score (nSPS) is 10.6. The van der Waals surface area contributed by atoms with Crippen molar-refractivity contribution in [2.24, 2.45) is 0 Å². The van der Waals surface area contributed by atoms with Gasteiger partial charge in [0, 0.05) is 0 Å². The summed E-state index contributed by atoms with van der Waals surface area (Å²) >= 11 is 3.78. The molecule has 2 aromatic carbocycles. The molecule has 110 valence electrons. The van der Waals surface area contributed by atoms with Crippen LogP contribution in [0.4, 0.5) is 5.69 Å². The van der Waals surface area contributed by atoms with E-state index in [0.717, 1.165) is 4.46 Å². The van der Waals surface area contributed by atoms with Gasteiger partial charge >= 0.3 is 143 Å². The molecule has 0 saturated carbocycles. The van der Waals surface area contributed by atoms with Crippen molar-refractivity contribution in [2.75, 3.05) is 0 Å². The van der Waals surface area contributed by atoms with Crippen LogP contribution < -0.4 is 7.55 Å². The fourth-order valence-electron chi connectivity index (χ4n) is 1.86. The summed E-state index contributed by atoms with van der Waals surface area (Å²) in [6.07, 6.45) is 0.